The third kappa shape index (κ3) is 4.54. The van der Waals surface area contributed by atoms with E-state index in [0.717, 1.165) is 21.6 Å². The summed E-state index contributed by atoms with van der Waals surface area (Å²) < 4.78 is 4.98. The second-order valence-corrected chi connectivity index (χ2v) is 7.13. The molecule has 0 aliphatic rings. The van der Waals surface area contributed by atoms with Crippen molar-refractivity contribution in [1.29, 1.82) is 0 Å². The maximum absolute atomic E-state index is 12.3. The Kier molecular flexibility index (Phi) is 5.57. The third-order valence-corrected chi connectivity index (χ3v) is 5.06. The second kappa shape index (κ2) is 8.05. The van der Waals surface area contributed by atoms with Crippen LogP contribution in [-0.4, -0.2) is 17.2 Å². The van der Waals surface area contributed by atoms with Gasteiger partial charge in [-0.3, -0.25) is 4.79 Å². The highest BCUT2D eigenvalue weighted by Crippen LogP contribution is 2.43. The standard InChI is InChI=1S/C21H19NO4S/c1-14-7-6-8-16(11-14)13-22(15(2)23)18-12-19(17-9-4-3-5-10-17)27-20(18)26-21(24)25/h3-12H,13H2,1-2H3,(H,24,25). The minimum Gasteiger partial charge on any atom is -0.449 e. The predicted molar refractivity (Wildman–Crippen MR) is 106 cm³/mol. The fourth-order valence-corrected chi connectivity index (χ4v) is 3.82. The number of rotatable bonds is 5. The van der Waals surface area contributed by atoms with Crippen molar-refractivity contribution in [3.05, 3.63) is 71.8 Å². The molecule has 0 spiro atoms. The van der Waals surface area contributed by atoms with E-state index in [0.29, 0.717) is 12.2 Å². The molecule has 1 N–H and O–H groups in total. The molecule has 2 aromatic carbocycles. The first-order valence-corrected chi connectivity index (χ1v) is 9.19. The largest absolute Gasteiger partial charge is 0.512 e. The van der Waals surface area contributed by atoms with Gasteiger partial charge in [0.25, 0.3) is 0 Å². The topological polar surface area (TPSA) is 66.8 Å². The van der Waals surface area contributed by atoms with Crippen LogP contribution < -0.4 is 9.64 Å². The lowest BCUT2D eigenvalue weighted by Crippen LogP contribution is -2.28. The van der Waals surface area contributed by atoms with Crippen LogP contribution in [-0.2, 0) is 11.3 Å². The number of carboxylic acid groups (broad SMARTS) is 1. The molecular formula is C21H19NO4S. The van der Waals surface area contributed by atoms with Crippen LogP contribution in [0, 0.1) is 6.92 Å². The van der Waals surface area contributed by atoms with Gasteiger partial charge in [0.1, 0.15) is 0 Å². The third-order valence-electron chi connectivity index (χ3n) is 4.01. The zero-order chi connectivity index (χ0) is 19.4. The Morgan fingerprint density at radius 1 is 1.07 bits per heavy atom. The number of amides is 1. The van der Waals surface area contributed by atoms with Crippen LogP contribution in [0.2, 0.25) is 0 Å². The summed E-state index contributed by atoms with van der Waals surface area (Å²) in [5.41, 5.74) is 3.44. The van der Waals surface area contributed by atoms with Gasteiger partial charge in [-0.1, -0.05) is 71.5 Å². The number of benzene rings is 2. The quantitative estimate of drug-likeness (QED) is 0.606. The lowest BCUT2D eigenvalue weighted by molar-refractivity contribution is -0.116. The Morgan fingerprint density at radius 2 is 1.81 bits per heavy atom. The van der Waals surface area contributed by atoms with Crippen LogP contribution in [0.4, 0.5) is 10.5 Å². The highest BCUT2D eigenvalue weighted by atomic mass is 32.1. The first-order valence-electron chi connectivity index (χ1n) is 8.37. The Bertz CT molecular complexity index is 965. The van der Waals surface area contributed by atoms with Gasteiger partial charge >= 0.3 is 6.16 Å². The van der Waals surface area contributed by atoms with Gasteiger partial charge in [-0.05, 0) is 24.1 Å². The molecule has 1 amide bonds. The summed E-state index contributed by atoms with van der Waals surface area (Å²) in [6, 6.07) is 19.2. The average Bonchev–Trinajstić information content (AvgIpc) is 3.03. The predicted octanol–water partition coefficient (Wildman–Crippen LogP) is 5.33. The molecule has 1 heterocycles. The van der Waals surface area contributed by atoms with Gasteiger partial charge in [-0.15, -0.1) is 0 Å². The van der Waals surface area contributed by atoms with E-state index in [9.17, 15) is 9.59 Å². The summed E-state index contributed by atoms with van der Waals surface area (Å²) in [6.07, 6.45) is -1.41. The highest BCUT2D eigenvalue weighted by molar-refractivity contribution is 7.18. The number of hydrogen-bond donors (Lipinski definition) is 1. The van der Waals surface area contributed by atoms with E-state index in [1.807, 2.05) is 61.5 Å². The van der Waals surface area contributed by atoms with Crippen molar-refractivity contribution in [2.75, 3.05) is 4.90 Å². The summed E-state index contributed by atoms with van der Waals surface area (Å²) in [4.78, 5) is 25.9. The Hall–Kier alpha value is -3.12. The van der Waals surface area contributed by atoms with Crippen molar-refractivity contribution >= 4 is 29.1 Å². The lowest BCUT2D eigenvalue weighted by Gasteiger charge is -2.21. The molecule has 5 nitrogen and oxygen atoms in total. The number of thiophene rings is 1. The molecule has 0 aliphatic carbocycles. The molecule has 0 unspecified atom stereocenters. The first kappa shape index (κ1) is 18.7. The van der Waals surface area contributed by atoms with Gasteiger partial charge < -0.3 is 14.7 Å². The molecule has 3 rings (SSSR count). The van der Waals surface area contributed by atoms with Crippen molar-refractivity contribution in [2.45, 2.75) is 20.4 Å². The van der Waals surface area contributed by atoms with E-state index in [1.165, 1.54) is 23.2 Å². The SMILES string of the molecule is CC(=O)N(Cc1cccc(C)c1)c1cc(-c2ccccc2)sc1OC(=O)O. The molecule has 1 aromatic heterocycles. The zero-order valence-electron chi connectivity index (χ0n) is 15.0. The van der Waals surface area contributed by atoms with Gasteiger partial charge in [-0.2, -0.15) is 0 Å². The maximum Gasteiger partial charge on any atom is 0.512 e. The van der Waals surface area contributed by atoms with E-state index >= 15 is 0 Å². The zero-order valence-corrected chi connectivity index (χ0v) is 15.8. The number of anilines is 1. The summed E-state index contributed by atoms with van der Waals surface area (Å²) in [5, 5.41) is 9.28. The monoisotopic (exact) mass is 381 g/mol. The van der Waals surface area contributed by atoms with Crippen molar-refractivity contribution in [3.63, 3.8) is 0 Å². The summed E-state index contributed by atoms with van der Waals surface area (Å²) in [6.45, 7) is 3.77. The first-order chi connectivity index (χ1) is 12.9. The molecular weight excluding hydrogens is 362 g/mol. The number of nitrogens with zero attached hydrogens (tertiary/aromatic N) is 1. The van der Waals surface area contributed by atoms with E-state index in [4.69, 9.17) is 9.84 Å². The van der Waals surface area contributed by atoms with Crippen molar-refractivity contribution in [2.24, 2.45) is 0 Å². The van der Waals surface area contributed by atoms with Gasteiger partial charge in [0.05, 0.1) is 12.2 Å². The van der Waals surface area contributed by atoms with Crippen molar-refractivity contribution in [3.8, 4) is 15.5 Å². The van der Waals surface area contributed by atoms with E-state index < -0.39 is 6.16 Å². The normalized spacial score (nSPS) is 10.4. The molecule has 0 bridgehead atoms. The van der Waals surface area contributed by atoms with Crippen molar-refractivity contribution in [1.82, 2.24) is 0 Å². The molecule has 138 valence electrons. The molecule has 0 atom stereocenters. The Morgan fingerprint density at radius 3 is 2.44 bits per heavy atom. The second-order valence-electron chi connectivity index (χ2n) is 6.11. The van der Waals surface area contributed by atoms with Crippen LogP contribution in [0.1, 0.15) is 18.1 Å². The molecule has 6 heteroatoms. The molecule has 0 aliphatic heterocycles. The fraction of sp³-hybridized carbons (Fsp3) is 0.143. The maximum atomic E-state index is 12.3. The summed E-state index contributed by atoms with van der Waals surface area (Å²) in [7, 11) is 0. The van der Waals surface area contributed by atoms with Gasteiger partial charge in [0, 0.05) is 11.8 Å². The number of hydrogen-bond acceptors (Lipinski definition) is 4. The number of carbonyl (C=O) groups excluding carboxylic acids is 1. The minimum atomic E-state index is -1.41. The molecule has 0 saturated heterocycles. The van der Waals surface area contributed by atoms with Crippen LogP contribution in [0.3, 0.4) is 0 Å². The Labute approximate surface area is 161 Å². The summed E-state index contributed by atoms with van der Waals surface area (Å²) >= 11 is 1.20. The fourth-order valence-electron chi connectivity index (χ4n) is 2.81. The van der Waals surface area contributed by atoms with Gasteiger partial charge in [0.2, 0.25) is 11.0 Å². The van der Waals surface area contributed by atoms with E-state index in [2.05, 4.69) is 0 Å². The Balaban J connectivity index is 2.03. The van der Waals surface area contributed by atoms with Crippen molar-refractivity contribution < 1.29 is 19.4 Å². The van der Waals surface area contributed by atoms with Gasteiger partial charge in [0.15, 0.2) is 0 Å². The highest BCUT2D eigenvalue weighted by Gasteiger charge is 2.23. The van der Waals surface area contributed by atoms with Gasteiger partial charge in [-0.25, -0.2) is 4.79 Å². The summed E-state index contributed by atoms with van der Waals surface area (Å²) in [5.74, 6) is -0.191. The van der Waals surface area contributed by atoms with Crippen LogP contribution in [0.5, 0.6) is 5.06 Å². The molecule has 0 fully saturated rings. The van der Waals surface area contributed by atoms with E-state index in [-0.39, 0.29) is 11.0 Å². The minimum absolute atomic E-state index is 0.184. The number of aryl methyl sites for hydroxylation is 1. The average molecular weight is 381 g/mol. The van der Waals surface area contributed by atoms with Crippen LogP contribution in [0.15, 0.2) is 60.7 Å². The van der Waals surface area contributed by atoms with Crippen LogP contribution in [0.25, 0.3) is 10.4 Å². The molecule has 0 radical (unpaired) electrons. The lowest BCUT2D eigenvalue weighted by atomic mass is 10.1. The molecule has 27 heavy (non-hydrogen) atoms. The smallest absolute Gasteiger partial charge is 0.449 e. The molecule has 0 saturated carbocycles. The molecule has 3 aromatic rings. The van der Waals surface area contributed by atoms with Crippen LogP contribution >= 0.6 is 11.3 Å². The number of ether oxygens (including phenoxy) is 1. The number of carbonyl (C=O) groups is 2. The van der Waals surface area contributed by atoms with E-state index in [1.54, 1.807) is 6.07 Å².